The van der Waals surface area contributed by atoms with E-state index in [4.69, 9.17) is 4.74 Å². The minimum atomic E-state index is -0.543. The molecule has 2 aliphatic rings. The molecule has 134 valence electrons. The highest BCUT2D eigenvalue weighted by Gasteiger charge is 2.51. The summed E-state index contributed by atoms with van der Waals surface area (Å²) in [6.45, 7) is 0.0960. The Bertz CT molecular complexity index is 680. The molecule has 1 aromatic rings. The quantitative estimate of drug-likeness (QED) is 0.829. The summed E-state index contributed by atoms with van der Waals surface area (Å²) < 4.78 is 5.25. The smallest absolute Gasteiger partial charge is 0.240 e. The Morgan fingerprint density at radius 2 is 1.92 bits per heavy atom. The molecule has 0 aromatic heterocycles. The van der Waals surface area contributed by atoms with Gasteiger partial charge in [0.1, 0.15) is 12.3 Å². The number of imide groups is 1. The van der Waals surface area contributed by atoms with Crippen LogP contribution in [0.25, 0.3) is 0 Å². The van der Waals surface area contributed by atoms with E-state index in [2.05, 4.69) is 5.32 Å². The number of amides is 3. The number of hydrogen-bond donors (Lipinski definition) is 1. The third-order valence-electron chi connectivity index (χ3n) is 5.27. The summed E-state index contributed by atoms with van der Waals surface area (Å²) in [5.41, 5.74) is 0.305. The molecule has 0 radical (unpaired) electrons. The first-order valence-electron chi connectivity index (χ1n) is 8.79. The van der Waals surface area contributed by atoms with Gasteiger partial charge in [0.05, 0.1) is 12.5 Å². The topological polar surface area (TPSA) is 75.7 Å². The molecule has 2 fully saturated rings. The number of nitrogens with zero attached hydrogens (tertiary/aromatic N) is 1. The molecule has 1 heterocycles. The minimum absolute atomic E-state index is 0.162. The number of likely N-dealkylation sites (tertiary alicyclic amines) is 1. The SMILES string of the molecule is COc1ccccc1CNC(=O)CN1C(=O)CC2(CCCCC2)C1=O. The van der Waals surface area contributed by atoms with Crippen LogP contribution in [0.2, 0.25) is 0 Å². The van der Waals surface area contributed by atoms with E-state index in [1.807, 2.05) is 24.3 Å². The van der Waals surface area contributed by atoms with Crippen molar-refractivity contribution in [2.24, 2.45) is 5.41 Å². The number of nitrogens with one attached hydrogen (secondary N) is 1. The van der Waals surface area contributed by atoms with Gasteiger partial charge >= 0.3 is 0 Å². The van der Waals surface area contributed by atoms with Crippen molar-refractivity contribution in [3.63, 3.8) is 0 Å². The molecule has 1 aliphatic heterocycles. The van der Waals surface area contributed by atoms with Gasteiger partial charge in [-0.25, -0.2) is 0 Å². The highest BCUT2D eigenvalue weighted by Crippen LogP contribution is 2.45. The zero-order valence-corrected chi connectivity index (χ0v) is 14.5. The summed E-state index contributed by atoms with van der Waals surface area (Å²) in [7, 11) is 1.58. The molecule has 1 aliphatic carbocycles. The second-order valence-electron chi connectivity index (χ2n) is 6.89. The van der Waals surface area contributed by atoms with Gasteiger partial charge in [-0.1, -0.05) is 37.5 Å². The minimum Gasteiger partial charge on any atom is -0.496 e. The molecule has 0 bridgehead atoms. The van der Waals surface area contributed by atoms with Crippen LogP contribution in [0.1, 0.15) is 44.1 Å². The molecular weight excluding hydrogens is 320 g/mol. The van der Waals surface area contributed by atoms with Crippen molar-refractivity contribution < 1.29 is 19.1 Å². The first-order valence-corrected chi connectivity index (χ1v) is 8.79. The van der Waals surface area contributed by atoms with Crippen LogP contribution in [-0.2, 0) is 20.9 Å². The van der Waals surface area contributed by atoms with Gasteiger partial charge in [-0.2, -0.15) is 0 Å². The van der Waals surface area contributed by atoms with Crippen molar-refractivity contribution in [3.8, 4) is 5.75 Å². The van der Waals surface area contributed by atoms with Crippen molar-refractivity contribution in [3.05, 3.63) is 29.8 Å². The van der Waals surface area contributed by atoms with Crippen molar-refractivity contribution in [2.75, 3.05) is 13.7 Å². The lowest BCUT2D eigenvalue weighted by Crippen LogP contribution is -2.42. The Balaban J connectivity index is 1.59. The van der Waals surface area contributed by atoms with Gasteiger partial charge in [0.2, 0.25) is 17.7 Å². The van der Waals surface area contributed by atoms with Crippen LogP contribution in [-0.4, -0.2) is 36.3 Å². The molecule has 1 saturated carbocycles. The van der Waals surface area contributed by atoms with Gasteiger partial charge in [0.25, 0.3) is 0 Å². The van der Waals surface area contributed by atoms with E-state index in [0.717, 1.165) is 42.6 Å². The monoisotopic (exact) mass is 344 g/mol. The molecule has 0 atom stereocenters. The Labute approximate surface area is 147 Å². The highest BCUT2D eigenvalue weighted by molar-refractivity contribution is 6.08. The number of para-hydroxylation sites is 1. The fourth-order valence-corrected chi connectivity index (χ4v) is 3.88. The molecule has 3 rings (SSSR count). The maximum atomic E-state index is 12.7. The third-order valence-corrected chi connectivity index (χ3v) is 5.27. The molecule has 1 aromatic carbocycles. The van der Waals surface area contributed by atoms with E-state index in [1.165, 1.54) is 0 Å². The molecule has 25 heavy (non-hydrogen) atoms. The number of hydrogen-bond acceptors (Lipinski definition) is 4. The standard InChI is InChI=1S/C19H24N2O4/c1-25-15-8-4-3-7-14(15)12-20-16(22)13-21-17(23)11-19(18(21)24)9-5-2-6-10-19/h3-4,7-8H,2,5-6,9-13H2,1H3,(H,20,22). The number of methoxy groups -OCH3 is 1. The van der Waals surface area contributed by atoms with Gasteiger partial charge in [0.15, 0.2) is 0 Å². The molecule has 6 nitrogen and oxygen atoms in total. The van der Waals surface area contributed by atoms with E-state index in [-0.39, 0.29) is 30.7 Å². The molecule has 6 heteroatoms. The van der Waals surface area contributed by atoms with E-state index in [9.17, 15) is 14.4 Å². The van der Waals surface area contributed by atoms with Crippen LogP contribution >= 0.6 is 0 Å². The first kappa shape index (κ1) is 17.5. The average Bonchev–Trinajstić information content (AvgIpc) is 2.85. The number of carbonyl (C=O) groups is 3. The Morgan fingerprint density at radius 3 is 2.64 bits per heavy atom. The summed E-state index contributed by atoms with van der Waals surface area (Å²) in [5.74, 6) is -0.0262. The van der Waals surface area contributed by atoms with E-state index in [1.54, 1.807) is 7.11 Å². The van der Waals surface area contributed by atoms with E-state index < -0.39 is 5.41 Å². The van der Waals surface area contributed by atoms with Crippen LogP contribution < -0.4 is 10.1 Å². The van der Waals surface area contributed by atoms with Crippen LogP contribution in [0, 0.1) is 5.41 Å². The molecule has 1 spiro atoms. The molecular formula is C19H24N2O4. The average molecular weight is 344 g/mol. The predicted molar refractivity (Wildman–Crippen MR) is 91.7 cm³/mol. The summed E-state index contributed by atoms with van der Waals surface area (Å²) in [6.07, 6.45) is 4.85. The lowest BCUT2D eigenvalue weighted by atomic mass is 9.73. The number of benzene rings is 1. The van der Waals surface area contributed by atoms with Crippen LogP contribution in [0.5, 0.6) is 5.75 Å². The van der Waals surface area contributed by atoms with Crippen molar-refractivity contribution in [2.45, 2.75) is 45.1 Å². The largest absolute Gasteiger partial charge is 0.496 e. The van der Waals surface area contributed by atoms with Gasteiger partial charge < -0.3 is 10.1 Å². The van der Waals surface area contributed by atoms with Crippen molar-refractivity contribution >= 4 is 17.7 Å². The zero-order chi connectivity index (χ0) is 17.9. The summed E-state index contributed by atoms with van der Waals surface area (Å²) in [4.78, 5) is 38.4. The van der Waals surface area contributed by atoms with Gasteiger partial charge in [-0.15, -0.1) is 0 Å². The maximum absolute atomic E-state index is 12.7. The summed E-state index contributed by atoms with van der Waals surface area (Å²) >= 11 is 0. The zero-order valence-electron chi connectivity index (χ0n) is 14.5. The highest BCUT2D eigenvalue weighted by atomic mass is 16.5. The van der Waals surface area contributed by atoms with E-state index >= 15 is 0 Å². The molecule has 1 N–H and O–H groups in total. The van der Waals surface area contributed by atoms with Gasteiger partial charge in [-0.3, -0.25) is 19.3 Å². The van der Waals surface area contributed by atoms with Crippen molar-refractivity contribution in [1.82, 2.24) is 10.2 Å². The maximum Gasteiger partial charge on any atom is 0.240 e. The lowest BCUT2D eigenvalue weighted by Gasteiger charge is -2.30. The molecule has 1 saturated heterocycles. The Morgan fingerprint density at radius 1 is 1.20 bits per heavy atom. The summed E-state index contributed by atoms with van der Waals surface area (Å²) in [5, 5.41) is 2.77. The second-order valence-corrected chi connectivity index (χ2v) is 6.89. The fourth-order valence-electron chi connectivity index (χ4n) is 3.88. The normalized spacial score (nSPS) is 19.3. The first-order chi connectivity index (χ1) is 12.1. The second kappa shape index (κ2) is 7.25. The Hall–Kier alpha value is -2.37. The van der Waals surface area contributed by atoms with E-state index in [0.29, 0.717) is 12.3 Å². The molecule has 0 unspecified atom stereocenters. The fraction of sp³-hybridized carbons (Fsp3) is 0.526. The van der Waals surface area contributed by atoms with Crippen molar-refractivity contribution in [1.29, 1.82) is 0 Å². The van der Waals surface area contributed by atoms with Crippen LogP contribution in [0.15, 0.2) is 24.3 Å². The van der Waals surface area contributed by atoms with Crippen LogP contribution in [0.4, 0.5) is 0 Å². The number of rotatable bonds is 5. The predicted octanol–water partition coefficient (Wildman–Crippen LogP) is 2.02. The van der Waals surface area contributed by atoms with Gasteiger partial charge in [-0.05, 0) is 18.9 Å². The van der Waals surface area contributed by atoms with Crippen LogP contribution in [0.3, 0.4) is 0 Å². The molecule has 3 amide bonds. The number of carbonyl (C=O) groups excluding carboxylic acids is 3. The third kappa shape index (κ3) is 3.52. The Kier molecular flexibility index (Phi) is 5.06. The lowest BCUT2D eigenvalue weighted by molar-refractivity contribution is -0.145. The summed E-state index contributed by atoms with van der Waals surface area (Å²) in [6, 6.07) is 7.41. The van der Waals surface area contributed by atoms with Gasteiger partial charge in [0, 0.05) is 18.5 Å². The number of ether oxygens (including phenoxy) is 1.